The maximum Gasteiger partial charge on any atom is 0.418 e. The molecule has 0 aliphatic carbocycles. The zero-order valence-electron chi connectivity index (χ0n) is 9.37. The van der Waals surface area contributed by atoms with Crippen LogP contribution in [0.4, 0.5) is 18.9 Å². The highest BCUT2D eigenvalue weighted by molar-refractivity contribution is 6.30. The first-order valence-corrected chi connectivity index (χ1v) is 5.58. The number of rotatable bonds is 5. The van der Waals surface area contributed by atoms with Gasteiger partial charge in [-0.3, -0.25) is 0 Å². The van der Waals surface area contributed by atoms with Crippen molar-refractivity contribution in [2.24, 2.45) is 0 Å². The molecule has 0 amide bonds. The molecule has 96 valence electrons. The van der Waals surface area contributed by atoms with Crippen LogP contribution in [0.15, 0.2) is 18.2 Å². The minimum Gasteiger partial charge on any atom is -0.385 e. The number of alkyl halides is 3. The Hall–Kier alpha value is -0.940. The summed E-state index contributed by atoms with van der Waals surface area (Å²) in [5.41, 5.74) is -0.660. The molecule has 0 heterocycles. The zero-order chi connectivity index (χ0) is 12.9. The summed E-state index contributed by atoms with van der Waals surface area (Å²) in [5, 5.41) is 5.77. The van der Waals surface area contributed by atoms with E-state index in [0.717, 1.165) is 19.0 Å². The molecule has 0 bridgehead atoms. The van der Waals surface area contributed by atoms with Crippen molar-refractivity contribution >= 4 is 17.3 Å². The van der Waals surface area contributed by atoms with Gasteiger partial charge in [0, 0.05) is 17.3 Å². The minimum absolute atomic E-state index is 0.0676. The molecule has 0 radical (unpaired) electrons. The number of halogens is 4. The molecular formula is C11H14ClF3N2. The maximum absolute atomic E-state index is 12.7. The van der Waals surface area contributed by atoms with Crippen LogP contribution in [0.2, 0.25) is 5.02 Å². The van der Waals surface area contributed by atoms with Crippen molar-refractivity contribution in [3.63, 3.8) is 0 Å². The summed E-state index contributed by atoms with van der Waals surface area (Å²) in [6.07, 6.45) is -3.65. The molecule has 0 atom stereocenters. The Kier molecular flexibility index (Phi) is 5.08. The predicted molar refractivity (Wildman–Crippen MR) is 63.5 cm³/mol. The summed E-state index contributed by atoms with van der Waals surface area (Å²) in [4.78, 5) is 0. The number of benzene rings is 1. The van der Waals surface area contributed by atoms with Crippen LogP contribution in [0.1, 0.15) is 12.0 Å². The van der Waals surface area contributed by atoms with E-state index in [2.05, 4.69) is 10.6 Å². The van der Waals surface area contributed by atoms with E-state index < -0.39 is 11.7 Å². The second kappa shape index (κ2) is 6.12. The van der Waals surface area contributed by atoms with Gasteiger partial charge in [-0.1, -0.05) is 11.6 Å². The van der Waals surface area contributed by atoms with Crippen molar-refractivity contribution in [3.8, 4) is 0 Å². The molecule has 0 unspecified atom stereocenters. The third-order valence-corrected chi connectivity index (χ3v) is 2.44. The van der Waals surface area contributed by atoms with Crippen LogP contribution >= 0.6 is 11.6 Å². The lowest BCUT2D eigenvalue weighted by molar-refractivity contribution is -0.136. The third-order valence-electron chi connectivity index (χ3n) is 2.21. The van der Waals surface area contributed by atoms with Gasteiger partial charge in [0.2, 0.25) is 0 Å². The average Bonchev–Trinajstić information content (AvgIpc) is 2.25. The fourth-order valence-corrected chi connectivity index (χ4v) is 1.57. The molecule has 0 fully saturated rings. The van der Waals surface area contributed by atoms with E-state index in [9.17, 15) is 13.2 Å². The number of nitrogens with one attached hydrogen (secondary N) is 2. The highest BCUT2D eigenvalue weighted by Gasteiger charge is 2.33. The number of anilines is 1. The van der Waals surface area contributed by atoms with Crippen LogP contribution < -0.4 is 10.6 Å². The van der Waals surface area contributed by atoms with Gasteiger partial charge in [0.05, 0.1) is 5.56 Å². The summed E-state index contributed by atoms with van der Waals surface area (Å²) < 4.78 is 38.1. The van der Waals surface area contributed by atoms with Crippen molar-refractivity contribution in [1.82, 2.24) is 5.32 Å². The van der Waals surface area contributed by atoms with Gasteiger partial charge in [0.15, 0.2) is 0 Å². The minimum atomic E-state index is -4.39. The Labute approximate surface area is 103 Å². The Morgan fingerprint density at radius 2 is 1.94 bits per heavy atom. The summed E-state index contributed by atoms with van der Waals surface area (Å²) in [5.74, 6) is 0. The predicted octanol–water partition coefficient (Wildman–Crippen LogP) is 3.38. The molecule has 1 aromatic rings. The molecule has 0 aromatic heterocycles. The molecule has 0 saturated heterocycles. The average molecular weight is 267 g/mol. The van der Waals surface area contributed by atoms with Gasteiger partial charge in [0.1, 0.15) is 0 Å². The first-order valence-electron chi connectivity index (χ1n) is 5.20. The van der Waals surface area contributed by atoms with E-state index in [1.807, 2.05) is 0 Å². The molecule has 17 heavy (non-hydrogen) atoms. The van der Waals surface area contributed by atoms with Crippen LogP contribution in [-0.4, -0.2) is 20.1 Å². The van der Waals surface area contributed by atoms with E-state index in [-0.39, 0.29) is 10.7 Å². The lowest BCUT2D eigenvalue weighted by Crippen LogP contribution is -2.15. The number of hydrogen-bond donors (Lipinski definition) is 2. The Morgan fingerprint density at radius 3 is 2.53 bits per heavy atom. The van der Waals surface area contributed by atoms with Crippen molar-refractivity contribution in [2.45, 2.75) is 12.6 Å². The van der Waals surface area contributed by atoms with E-state index in [0.29, 0.717) is 6.54 Å². The van der Waals surface area contributed by atoms with Crippen LogP contribution in [0.3, 0.4) is 0 Å². The SMILES string of the molecule is CNCCCNc1ccc(Cl)cc1C(F)(F)F. The monoisotopic (exact) mass is 266 g/mol. The number of hydrogen-bond acceptors (Lipinski definition) is 2. The topological polar surface area (TPSA) is 24.1 Å². The first kappa shape index (κ1) is 14.1. The quantitative estimate of drug-likeness (QED) is 0.799. The molecule has 0 saturated carbocycles. The van der Waals surface area contributed by atoms with Crippen LogP contribution in [0, 0.1) is 0 Å². The summed E-state index contributed by atoms with van der Waals surface area (Å²) >= 11 is 5.57. The molecule has 0 aliphatic heterocycles. The van der Waals surface area contributed by atoms with E-state index >= 15 is 0 Å². The van der Waals surface area contributed by atoms with Crippen molar-refractivity contribution < 1.29 is 13.2 Å². The van der Waals surface area contributed by atoms with Gasteiger partial charge in [-0.05, 0) is 38.2 Å². The smallest absolute Gasteiger partial charge is 0.385 e. The Morgan fingerprint density at radius 1 is 1.24 bits per heavy atom. The summed E-state index contributed by atoms with van der Waals surface area (Å²) in [6, 6.07) is 3.73. The highest BCUT2D eigenvalue weighted by atomic mass is 35.5. The van der Waals surface area contributed by atoms with Gasteiger partial charge in [0.25, 0.3) is 0 Å². The van der Waals surface area contributed by atoms with Crippen LogP contribution in [-0.2, 0) is 6.18 Å². The highest BCUT2D eigenvalue weighted by Crippen LogP contribution is 2.36. The van der Waals surface area contributed by atoms with Crippen LogP contribution in [0.5, 0.6) is 0 Å². The molecule has 2 nitrogen and oxygen atoms in total. The lowest BCUT2D eigenvalue weighted by atomic mass is 10.1. The van der Waals surface area contributed by atoms with Crippen molar-refractivity contribution in [1.29, 1.82) is 0 Å². The molecular weight excluding hydrogens is 253 g/mol. The molecule has 0 spiro atoms. The van der Waals surface area contributed by atoms with Crippen molar-refractivity contribution in [2.75, 3.05) is 25.5 Å². The fourth-order valence-electron chi connectivity index (χ4n) is 1.39. The van der Waals surface area contributed by atoms with Gasteiger partial charge in [-0.15, -0.1) is 0 Å². The van der Waals surface area contributed by atoms with Gasteiger partial charge in [-0.25, -0.2) is 0 Å². The fraction of sp³-hybridized carbons (Fsp3) is 0.455. The second-order valence-electron chi connectivity index (χ2n) is 3.57. The maximum atomic E-state index is 12.7. The molecule has 1 aromatic carbocycles. The third kappa shape index (κ3) is 4.44. The van der Waals surface area contributed by atoms with Gasteiger partial charge in [-0.2, -0.15) is 13.2 Å². The van der Waals surface area contributed by atoms with Crippen molar-refractivity contribution in [3.05, 3.63) is 28.8 Å². The molecule has 2 N–H and O–H groups in total. The first-order chi connectivity index (χ1) is 7.95. The molecule has 1 rings (SSSR count). The normalized spacial score (nSPS) is 11.6. The largest absolute Gasteiger partial charge is 0.418 e. The standard InChI is InChI=1S/C11H14ClF3N2/c1-16-5-2-6-17-10-4-3-8(12)7-9(10)11(13,14)15/h3-4,7,16-17H,2,5-6H2,1H3. The van der Waals surface area contributed by atoms with Gasteiger partial charge >= 0.3 is 6.18 Å². The van der Waals surface area contributed by atoms with Crippen LogP contribution in [0.25, 0.3) is 0 Å². The summed E-state index contributed by atoms with van der Waals surface area (Å²) in [7, 11) is 1.80. The van der Waals surface area contributed by atoms with E-state index in [1.165, 1.54) is 12.1 Å². The van der Waals surface area contributed by atoms with E-state index in [4.69, 9.17) is 11.6 Å². The lowest BCUT2D eigenvalue weighted by Gasteiger charge is -2.14. The Bertz CT molecular complexity index is 366. The molecule has 0 aliphatic rings. The zero-order valence-corrected chi connectivity index (χ0v) is 10.1. The van der Waals surface area contributed by atoms with E-state index in [1.54, 1.807) is 7.05 Å². The van der Waals surface area contributed by atoms with Gasteiger partial charge < -0.3 is 10.6 Å². The summed E-state index contributed by atoms with van der Waals surface area (Å²) in [6.45, 7) is 1.23. The Balaban J connectivity index is 2.77. The molecule has 6 heteroatoms. The second-order valence-corrected chi connectivity index (χ2v) is 4.01.